The van der Waals surface area contributed by atoms with Crippen LogP contribution in [0.25, 0.3) is 10.2 Å². The largest absolute Gasteiger partial charge is 0.449 e. The second-order valence-electron chi connectivity index (χ2n) is 5.08. The van der Waals surface area contributed by atoms with Gasteiger partial charge in [-0.2, -0.15) is 0 Å². The number of aromatic nitrogens is 1. The number of anilines is 1. The van der Waals surface area contributed by atoms with Crippen LogP contribution in [0.1, 0.15) is 17.3 Å². The third-order valence-electron chi connectivity index (χ3n) is 3.33. The molecule has 0 radical (unpaired) electrons. The number of hydrogen-bond donors (Lipinski definition) is 1. The molecule has 2 aromatic carbocycles. The Hall–Kier alpha value is -2.80. The lowest BCUT2D eigenvalue weighted by Crippen LogP contribution is -2.30. The molecule has 0 aliphatic carbocycles. The summed E-state index contributed by atoms with van der Waals surface area (Å²) in [5, 5.41) is 2.56. The first-order valence-electron chi connectivity index (χ1n) is 7.13. The topological polar surface area (TPSA) is 68.3 Å². The van der Waals surface area contributed by atoms with Gasteiger partial charge in [0.05, 0.1) is 21.3 Å². The number of carbonyl (C=O) groups excluding carboxylic acids is 2. The van der Waals surface area contributed by atoms with Crippen molar-refractivity contribution in [2.45, 2.75) is 13.0 Å². The third-order valence-corrected chi connectivity index (χ3v) is 4.12. The van der Waals surface area contributed by atoms with E-state index >= 15 is 0 Å². The highest BCUT2D eigenvalue weighted by Crippen LogP contribution is 2.20. The summed E-state index contributed by atoms with van der Waals surface area (Å²) < 4.78 is 18.9. The van der Waals surface area contributed by atoms with Crippen molar-refractivity contribution >= 4 is 39.1 Å². The lowest BCUT2D eigenvalue weighted by Gasteiger charge is -2.13. The van der Waals surface area contributed by atoms with Gasteiger partial charge in [-0.15, -0.1) is 11.3 Å². The minimum atomic E-state index is -0.986. The highest BCUT2D eigenvalue weighted by Gasteiger charge is 2.19. The molecule has 24 heavy (non-hydrogen) atoms. The summed E-state index contributed by atoms with van der Waals surface area (Å²) in [5.41, 5.74) is 3.28. The van der Waals surface area contributed by atoms with Crippen LogP contribution in [0.15, 0.2) is 48.0 Å². The van der Waals surface area contributed by atoms with Gasteiger partial charge in [0.2, 0.25) is 0 Å². The van der Waals surface area contributed by atoms with Gasteiger partial charge in [-0.1, -0.05) is 0 Å². The van der Waals surface area contributed by atoms with Gasteiger partial charge in [0, 0.05) is 5.69 Å². The monoisotopic (exact) mass is 344 g/mol. The molecule has 1 N–H and O–H groups in total. The minimum Gasteiger partial charge on any atom is -0.449 e. The van der Waals surface area contributed by atoms with Crippen LogP contribution < -0.4 is 5.32 Å². The number of nitrogens with one attached hydrogen (secondary N) is 1. The van der Waals surface area contributed by atoms with E-state index in [4.69, 9.17) is 4.74 Å². The van der Waals surface area contributed by atoms with Crippen LogP contribution in [-0.4, -0.2) is 23.0 Å². The molecule has 0 saturated carbocycles. The van der Waals surface area contributed by atoms with Crippen LogP contribution in [0, 0.1) is 5.82 Å². The van der Waals surface area contributed by atoms with E-state index in [1.54, 1.807) is 23.7 Å². The number of amides is 1. The number of hydrogen-bond acceptors (Lipinski definition) is 5. The van der Waals surface area contributed by atoms with Crippen molar-refractivity contribution < 1.29 is 18.7 Å². The van der Waals surface area contributed by atoms with Crippen LogP contribution >= 0.6 is 11.3 Å². The Morgan fingerprint density at radius 1 is 1.21 bits per heavy atom. The van der Waals surface area contributed by atoms with Gasteiger partial charge in [-0.05, 0) is 49.4 Å². The number of rotatable bonds is 4. The first kappa shape index (κ1) is 16.1. The van der Waals surface area contributed by atoms with Crippen molar-refractivity contribution in [2.24, 2.45) is 0 Å². The molecular weight excluding hydrogens is 331 g/mol. The Bertz CT molecular complexity index is 892. The fourth-order valence-electron chi connectivity index (χ4n) is 2.04. The molecule has 0 aliphatic heterocycles. The second kappa shape index (κ2) is 6.76. The first-order valence-corrected chi connectivity index (χ1v) is 8.01. The van der Waals surface area contributed by atoms with Gasteiger partial charge in [-0.3, -0.25) is 4.79 Å². The maximum absolute atomic E-state index is 12.8. The summed E-state index contributed by atoms with van der Waals surface area (Å²) in [4.78, 5) is 28.3. The summed E-state index contributed by atoms with van der Waals surface area (Å²) in [6.07, 6.45) is -0.986. The predicted octanol–water partition coefficient (Wildman–Crippen LogP) is 3.62. The number of carbonyl (C=O) groups is 2. The van der Waals surface area contributed by atoms with Gasteiger partial charge in [-0.25, -0.2) is 14.2 Å². The van der Waals surface area contributed by atoms with Crippen LogP contribution in [0.5, 0.6) is 0 Å². The molecule has 1 heterocycles. The van der Waals surface area contributed by atoms with Crippen molar-refractivity contribution in [2.75, 3.05) is 5.32 Å². The van der Waals surface area contributed by atoms with Gasteiger partial charge in [0.15, 0.2) is 6.10 Å². The van der Waals surface area contributed by atoms with Gasteiger partial charge >= 0.3 is 5.97 Å². The predicted molar refractivity (Wildman–Crippen MR) is 89.5 cm³/mol. The third kappa shape index (κ3) is 3.57. The Morgan fingerprint density at radius 2 is 1.96 bits per heavy atom. The maximum Gasteiger partial charge on any atom is 0.338 e. The zero-order valence-electron chi connectivity index (χ0n) is 12.7. The Labute approximate surface area is 141 Å². The van der Waals surface area contributed by atoms with E-state index in [0.29, 0.717) is 11.3 Å². The molecule has 1 aromatic heterocycles. The number of halogens is 1. The lowest BCUT2D eigenvalue weighted by molar-refractivity contribution is -0.123. The second-order valence-corrected chi connectivity index (χ2v) is 5.96. The summed E-state index contributed by atoms with van der Waals surface area (Å²) in [6.45, 7) is 1.47. The summed E-state index contributed by atoms with van der Waals surface area (Å²) in [6, 6.07) is 10.3. The van der Waals surface area contributed by atoms with E-state index in [1.807, 2.05) is 0 Å². The first-order chi connectivity index (χ1) is 11.5. The number of thiazole rings is 1. The van der Waals surface area contributed by atoms with Crippen LogP contribution in [0.3, 0.4) is 0 Å². The SMILES string of the molecule is C[C@@H](OC(=O)c1ccc2ncsc2c1)C(=O)Nc1ccc(F)cc1. The van der Waals surface area contributed by atoms with E-state index in [-0.39, 0.29) is 0 Å². The van der Waals surface area contributed by atoms with Crippen molar-refractivity contribution in [3.8, 4) is 0 Å². The summed E-state index contributed by atoms with van der Waals surface area (Å²) in [5.74, 6) is -1.48. The van der Waals surface area contributed by atoms with E-state index in [1.165, 1.54) is 42.5 Å². The van der Waals surface area contributed by atoms with E-state index in [0.717, 1.165) is 10.2 Å². The smallest absolute Gasteiger partial charge is 0.338 e. The Kier molecular flexibility index (Phi) is 4.52. The van der Waals surface area contributed by atoms with Crippen molar-refractivity contribution in [3.05, 3.63) is 59.4 Å². The minimum absolute atomic E-state index is 0.355. The molecule has 122 valence electrons. The number of nitrogens with zero attached hydrogens (tertiary/aromatic N) is 1. The van der Waals surface area contributed by atoms with Crippen molar-refractivity contribution in [1.29, 1.82) is 0 Å². The highest BCUT2D eigenvalue weighted by atomic mass is 32.1. The molecule has 0 spiro atoms. The van der Waals surface area contributed by atoms with Crippen LogP contribution in [0.2, 0.25) is 0 Å². The quantitative estimate of drug-likeness (QED) is 0.734. The summed E-state index contributed by atoms with van der Waals surface area (Å²) >= 11 is 1.42. The fourth-order valence-corrected chi connectivity index (χ4v) is 2.76. The lowest BCUT2D eigenvalue weighted by atomic mass is 10.2. The molecular formula is C17H13FN2O3S. The molecule has 0 unspecified atom stereocenters. The standard InChI is InChI=1S/C17H13FN2O3S/c1-10(16(21)20-13-5-3-12(18)4-6-13)23-17(22)11-2-7-14-15(8-11)24-9-19-14/h2-10H,1H3,(H,20,21)/t10-/m1/s1. The van der Waals surface area contributed by atoms with E-state index in [9.17, 15) is 14.0 Å². The van der Waals surface area contributed by atoms with E-state index < -0.39 is 23.8 Å². The molecule has 0 bridgehead atoms. The average molecular weight is 344 g/mol. The Morgan fingerprint density at radius 3 is 2.71 bits per heavy atom. The van der Waals surface area contributed by atoms with Gasteiger partial charge in [0.25, 0.3) is 5.91 Å². The normalized spacial score (nSPS) is 11.9. The van der Waals surface area contributed by atoms with Crippen LogP contribution in [-0.2, 0) is 9.53 Å². The highest BCUT2D eigenvalue weighted by molar-refractivity contribution is 7.16. The van der Waals surface area contributed by atoms with Crippen LogP contribution in [0.4, 0.5) is 10.1 Å². The zero-order chi connectivity index (χ0) is 17.1. The van der Waals surface area contributed by atoms with E-state index in [2.05, 4.69) is 10.3 Å². The fraction of sp³-hybridized carbons (Fsp3) is 0.118. The summed E-state index contributed by atoms with van der Waals surface area (Å²) in [7, 11) is 0. The van der Waals surface area contributed by atoms with Crippen molar-refractivity contribution in [3.63, 3.8) is 0 Å². The Balaban J connectivity index is 1.64. The maximum atomic E-state index is 12.8. The number of ether oxygens (including phenoxy) is 1. The molecule has 7 heteroatoms. The molecule has 0 aliphatic rings. The molecule has 0 fully saturated rings. The molecule has 1 amide bonds. The molecule has 5 nitrogen and oxygen atoms in total. The zero-order valence-corrected chi connectivity index (χ0v) is 13.5. The number of esters is 1. The van der Waals surface area contributed by atoms with Gasteiger partial charge in [0.1, 0.15) is 5.82 Å². The number of benzene rings is 2. The molecule has 3 aromatic rings. The number of fused-ring (bicyclic) bond motifs is 1. The molecule has 3 rings (SSSR count). The van der Waals surface area contributed by atoms with Gasteiger partial charge < -0.3 is 10.1 Å². The molecule has 0 saturated heterocycles. The molecule has 1 atom stereocenters. The van der Waals surface area contributed by atoms with Crippen molar-refractivity contribution in [1.82, 2.24) is 4.98 Å². The average Bonchev–Trinajstić information content (AvgIpc) is 3.04.